The summed E-state index contributed by atoms with van der Waals surface area (Å²) in [5.41, 5.74) is 0.892. The topological polar surface area (TPSA) is 36.1 Å². The fourth-order valence-electron chi connectivity index (χ4n) is 4.30. The molecule has 6 heteroatoms. The minimum atomic E-state index is -4.23. The lowest BCUT2D eigenvalue weighted by Crippen LogP contribution is -2.40. The average molecular weight is 336 g/mol. The number of pyridine rings is 1. The highest BCUT2D eigenvalue weighted by molar-refractivity contribution is 5.81. The predicted molar refractivity (Wildman–Crippen MR) is 85.7 cm³/mol. The van der Waals surface area contributed by atoms with Gasteiger partial charge >= 0.3 is 6.18 Å². The number of nitrogens with zero attached hydrogens (tertiary/aromatic N) is 1. The summed E-state index contributed by atoms with van der Waals surface area (Å²) in [5.74, 6) is 0. The number of halogens is 3. The van der Waals surface area contributed by atoms with Gasteiger partial charge in [-0.15, -0.1) is 0 Å². The number of aromatic nitrogens is 1. The first-order chi connectivity index (χ1) is 11.4. The summed E-state index contributed by atoms with van der Waals surface area (Å²) in [4.78, 5) is 16.1. The maximum Gasteiger partial charge on any atom is 0.404 e. The Morgan fingerprint density at radius 1 is 1.25 bits per heavy atom. The third kappa shape index (κ3) is 2.62. The number of hydrogen-bond donors (Lipinski definition) is 1. The van der Waals surface area contributed by atoms with E-state index in [0.29, 0.717) is 17.6 Å². The Morgan fingerprint density at radius 3 is 2.67 bits per heavy atom. The molecule has 128 valence electrons. The molecule has 1 aliphatic heterocycles. The first-order valence-electron chi connectivity index (χ1n) is 8.28. The summed E-state index contributed by atoms with van der Waals surface area (Å²) in [6.45, 7) is 0.634. The van der Waals surface area contributed by atoms with Crippen LogP contribution in [0, 0.1) is 5.41 Å². The standard InChI is InChI=1S/C18H19F3N2O/c19-18(20,21)15-9-17(6-3-7-17)11-23(15)10-12-8-16(24)22-14-5-2-1-4-13(12)14/h1-2,4-5,8,15H,3,6-7,9-11H2,(H,22,24). The molecule has 3 nitrogen and oxygen atoms in total. The largest absolute Gasteiger partial charge is 0.404 e. The van der Waals surface area contributed by atoms with E-state index in [1.165, 1.54) is 11.0 Å². The molecule has 1 saturated carbocycles. The Hall–Kier alpha value is -1.82. The van der Waals surface area contributed by atoms with Crippen molar-refractivity contribution in [1.29, 1.82) is 0 Å². The fraction of sp³-hybridized carbons (Fsp3) is 0.500. The van der Waals surface area contributed by atoms with E-state index in [1.807, 2.05) is 12.1 Å². The molecule has 1 N–H and O–H groups in total. The van der Waals surface area contributed by atoms with Crippen LogP contribution in [-0.4, -0.2) is 28.6 Å². The van der Waals surface area contributed by atoms with E-state index in [2.05, 4.69) is 4.98 Å². The second-order valence-corrected chi connectivity index (χ2v) is 7.22. The number of H-pyrrole nitrogens is 1. The van der Waals surface area contributed by atoms with Crippen LogP contribution in [-0.2, 0) is 6.54 Å². The second-order valence-electron chi connectivity index (χ2n) is 7.22. The highest BCUT2D eigenvalue weighted by Gasteiger charge is 2.56. The van der Waals surface area contributed by atoms with Gasteiger partial charge in [-0.05, 0) is 36.3 Å². The van der Waals surface area contributed by atoms with Crippen molar-refractivity contribution in [3.63, 3.8) is 0 Å². The number of hydrogen-bond acceptors (Lipinski definition) is 2. The molecule has 2 fully saturated rings. The average Bonchev–Trinajstić information content (AvgIpc) is 2.87. The van der Waals surface area contributed by atoms with Crippen molar-refractivity contribution in [1.82, 2.24) is 9.88 Å². The van der Waals surface area contributed by atoms with Crippen molar-refractivity contribution >= 4 is 10.9 Å². The van der Waals surface area contributed by atoms with Crippen molar-refractivity contribution in [2.45, 2.75) is 44.4 Å². The first-order valence-corrected chi connectivity index (χ1v) is 8.28. The molecule has 2 aromatic rings. The highest BCUT2D eigenvalue weighted by Crippen LogP contribution is 2.53. The summed E-state index contributed by atoms with van der Waals surface area (Å²) in [6.07, 6.45) is -1.25. The SMILES string of the molecule is O=c1cc(CN2CC3(CCC3)CC2C(F)(F)F)c2ccccc2[nH]1. The van der Waals surface area contributed by atoms with Crippen LogP contribution in [0.2, 0.25) is 0 Å². The number of aromatic amines is 1. The smallest absolute Gasteiger partial charge is 0.322 e. The van der Waals surface area contributed by atoms with Crippen LogP contribution >= 0.6 is 0 Å². The minimum absolute atomic E-state index is 0.163. The molecule has 0 amide bonds. The van der Waals surface area contributed by atoms with Gasteiger partial charge in [-0.25, -0.2) is 0 Å². The van der Waals surface area contributed by atoms with Gasteiger partial charge in [0.25, 0.3) is 0 Å². The monoisotopic (exact) mass is 336 g/mol. The number of alkyl halides is 3. The van der Waals surface area contributed by atoms with Crippen molar-refractivity contribution in [2.75, 3.05) is 6.54 Å². The maximum atomic E-state index is 13.5. The van der Waals surface area contributed by atoms with E-state index in [1.54, 1.807) is 12.1 Å². The lowest BCUT2D eigenvalue weighted by molar-refractivity contribution is -0.177. The quantitative estimate of drug-likeness (QED) is 0.905. The van der Waals surface area contributed by atoms with Gasteiger partial charge in [-0.2, -0.15) is 13.2 Å². The van der Waals surface area contributed by atoms with Crippen molar-refractivity contribution in [2.24, 2.45) is 5.41 Å². The van der Waals surface area contributed by atoms with Crippen LogP contribution in [0.3, 0.4) is 0 Å². The van der Waals surface area contributed by atoms with Gasteiger partial charge < -0.3 is 4.98 Å². The van der Waals surface area contributed by atoms with Crippen LogP contribution < -0.4 is 5.56 Å². The Labute approximate surface area is 137 Å². The molecule has 0 radical (unpaired) electrons. The van der Waals surface area contributed by atoms with Gasteiger partial charge in [0.15, 0.2) is 0 Å². The van der Waals surface area contributed by atoms with E-state index < -0.39 is 12.2 Å². The van der Waals surface area contributed by atoms with Gasteiger partial charge in [0.05, 0.1) is 0 Å². The number of likely N-dealkylation sites (tertiary alicyclic amines) is 1. The number of benzene rings is 1. The molecule has 2 heterocycles. The molecule has 1 aromatic heterocycles. The molecule has 2 aliphatic rings. The van der Waals surface area contributed by atoms with E-state index in [-0.39, 0.29) is 23.9 Å². The molecule has 4 rings (SSSR count). The molecule has 1 unspecified atom stereocenters. The van der Waals surface area contributed by atoms with E-state index >= 15 is 0 Å². The Morgan fingerprint density at radius 2 is 2.00 bits per heavy atom. The molecule has 0 bridgehead atoms. The normalized spacial score (nSPS) is 23.7. The molecular weight excluding hydrogens is 317 g/mol. The zero-order valence-corrected chi connectivity index (χ0v) is 13.2. The number of nitrogens with one attached hydrogen (secondary N) is 1. The summed E-state index contributed by atoms with van der Waals surface area (Å²) < 4.78 is 40.5. The van der Waals surface area contributed by atoms with E-state index in [9.17, 15) is 18.0 Å². The predicted octanol–water partition coefficient (Wildman–Crippen LogP) is 3.84. The zero-order valence-electron chi connectivity index (χ0n) is 13.2. The maximum absolute atomic E-state index is 13.5. The number of fused-ring (bicyclic) bond motifs is 1. The van der Waals surface area contributed by atoms with Crippen molar-refractivity contribution in [3.05, 3.63) is 46.2 Å². The van der Waals surface area contributed by atoms with Crippen LogP contribution in [0.5, 0.6) is 0 Å². The van der Waals surface area contributed by atoms with E-state index in [0.717, 1.165) is 24.6 Å². The summed E-state index contributed by atoms with van der Waals surface area (Å²) in [6, 6.07) is 7.29. The first kappa shape index (κ1) is 15.7. The van der Waals surface area contributed by atoms with Crippen LogP contribution in [0.1, 0.15) is 31.2 Å². The van der Waals surface area contributed by atoms with E-state index in [4.69, 9.17) is 0 Å². The van der Waals surface area contributed by atoms with Gasteiger partial charge in [0.1, 0.15) is 6.04 Å². The molecular formula is C18H19F3N2O. The molecule has 1 saturated heterocycles. The zero-order chi connectivity index (χ0) is 16.9. The third-order valence-corrected chi connectivity index (χ3v) is 5.61. The summed E-state index contributed by atoms with van der Waals surface area (Å²) in [7, 11) is 0. The lowest BCUT2D eigenvalue weighted by atomic mass is 9.67. The second kappa shape index (κ2) is 5.34. The molecule has 1 aliphatic carbocycles. The molecule has 1 aromatic carbocycles. The Balaban J connectivity index is 1.70. The number of rotatable bonds is 2. The lowest BCUT2D eigenvalue weighted by Gasteiger charge is -2.38. The van der Waals surface area contributed by atoms with Crippen LogP contribution in [0.25, 0.3) is 10.9 Å². The Kier molecular flexibility index (Phi) is 3.49. The van der Waals surface area contributed by atoms with Crippen LogP contribution in [0.15, 0.2) is 35.1 Å². The van der Waals surface area contributed by atoms with Crippen molar-refractivity contribution < 1.29 is 13.2 Å². The van der Waals surface area contributed by atoms with Gasteiger partial charge in [0.2, 0.25) is 5.56 Å². The Bertz CT molecular complexity index is 823. The molecule has 1 spiro atoms. The van der Waals surface area contributed by atoms with Crippen molar-refractivity contribution in [3.8, 4) is 0 Å². The highest BCUT2D eigenvalue weighted by atomic mass is 19.4. The van der Waals surface area contributed by atoms with Gasteiger partial charge in [-0.1, -0.05) is 24.6 Å². The minimum Gasteiger partial charge on any atom is -0.322 e. The van der Waals surface area contributed by atoms with Gasteiger partial charge in [-0.3, -0.25) is 9.69 Å². The molecule has 1 atom stereocenters. The van der Waals surface area contributed by atoms with Gasteiger partial charge in [0, 0.05) is 30.1 Å². The number of para-hydroxylation sites is 1. The third-order valence-electron chi connectivity index (χ3n) is 5.61. The molecule has 24 heavy (non-hydrogen) atoms. The fourth-order valence-corrected chi connectivity index (χ4v) is 4.30. The van der Waals surface area contributed by atoms with Crippen LogP contribution in [0.4, 0.5) is 13.2 Å². The summed E-state index contributed by atoms with van der Waals surface area (Å²) in [5, 5.41) is 0.813. The summed E-state index contributed by atoms with van der Waals surface area (Å²) >= 11 is 0.